The van der Waals surface area contributed by atoms with E-state index in [0.717, 1.165) is 5.75 Å². The minimum Gasteiger partial charge on any atom is -0.497 e. The number of methoxy groups -OCH3 is 1. The van der Waals surface area contributed by atoms with E-state index in [2.05, 4.69) is 5.32 Å². The van der Waals surface area contributed by atoms with Crippen molar-refractivity contribution in [3.05, 3.63) is 54.1 Å². The van der Waals surface area contributed by atoms with Gasteiger partial charge in [0.05, 0.1) is 18.7 Å². The second-order valence-electron chi connectivity index (χ2n) is 4.62. The van der Waals surface area contributed by atoms with Crippen LogP contribution in [0, 0.1) is 11.3 Å². The zero-order valence-corrected chi connectivity index (χ0v) is 12.4. The highest BCUT2D eigenvalue weighted by Gasteiger charge is 2.15. The van der Waals surface area contributed by atoms with E-state index in [1.54, 1.807) is 62.6 Å². The average Bonchev–Trinajstić information content (AvgIpc) is 2.55. The first-order chi connectivity index (χ1) is 10.6. The molecule has 22 heavy (non-hydrogen) atoms. The summed E-state index contributed by atoms with van der Waals surface area (Å²) in [5.41, 5.74) is 1.05. The number of amides is 1. The number of carbonyl (C=O) groups is 1. The lowest BCUT2D eigenvalue weighted by Gasteiger charge is -2.15. The van der Waals surface area contributed by atoms with Gasteiger partial charge in [0.25, 0.3) is 5.91 Å². The van der Waals surface area contributed by atoms with Gasteiger partial charge in [0, 0.05) is 5.69 Å². The van der Waals surface area contributed by atoms with Gasteiger partial charge in [-0.25, -0.2) is 0 Å². The number of hydrogen-bond donors (Lipinski definition) is 1. The largest absolute Gasteiger partial charge is 0.497 e. The van der Waals surface area contributed by atoms with Crippen LogP contribution in [0.2, 0.25) is 0 Å². The molecule has 0 aromatic heterocycles. The summed E-state index contributed by atoms with van der Waals surface area (Å²) in [6.45, 7) is 1.66. The third-order valence-electron chi connectivity index (χ3n) is 3.00. The second-order valence-corrected chi connectivity index (χ2v) is 4.62. The number of ether oxygens (including phenoxy) is 2. The number of rotatable bonds is 5. The minimum atomic E-state index is -0.667. The van der Waals surface area contributed by atoms with E-state index >= 15 is 0 Å². The summed E-state index contributed by atoms with van der Waals surface area (Å²) in [5.74, 6) is 1.01. The van der Waals surface area contributed by atoms with Gasteiger partial charge in [0.2, 0.25) is 0 Å². The maximum absolute atomic E-state index is 12.1. The standard InChI is InChI=1S/C17H16N2O3/c1-12(22-16-8-6-15(21-2)7-9-16)17(20)19-14-5-3-4-13(10-14)11-18/h3-10,12H,1-2H3,(H,19,20). The predicted molar refractivity (Wildman–Crippen MR) is 82.9 cm³/mol. The third-order valence-corrected chi connectivity index (χ3v) is 3.00. The molecular formula is C17H16N2O3. The van der Waals surface area contributed by atoms with Gasteiger partial charge < -0.3 is 14.8 Å². The molecule has 0 aliphatic carbocycles. The van der Waals surface area contributed by atoms with E-state index in [9.17, 15) is 4.79 Å². The highest BCUT2D eigenvalue weighted by Crippen LogP contribution is 2.18. The predicted octanol–water partition coefficient (Wildman–Crippen LogP) is 2.97. The number of nitriles is 1. The lowest BCUT2D eigenvalue weighted by Crippen LogP contribution is -2.30. The Morgan fingerprint density at radius 1 is 1.18 bits per heavy atom. The molecule has 0 radical (unpaired) electrons. The van der Waals surface area contributed by atoms with E-state index in [0.29, 0.717) is 17.0 Å². The summed E-state index contributed by atoms with van der Waals surface area (Å²) < 4.78 is 10.6. The van der Waals surface area contributed by atoms with E-state index in [1.807, 2.05) is 6.07 Å². The van der Waals surface area contributed by atoms with Gasteiger partial charge in [0.1, 0.15) is 11.5 Å². The Hall–Kier alpha value is -3.00. The van der Waals surface area contributed by atoms with Crippen molar-refractivity contribution in [2.24, 2.45) is 0 Å². The summed E-state index contributed by atoms with van der Waals surface area (Å²) in [6, 6.07) is 15.7. The van der Waals surface area contributed by atoms with Gasteiger partial charge >= 0.3 is 0 Å². The van der Waals surface area contributed by atoms with Gasteiger partial charge in [-0.3, -0.25) is 4.79 Å². The normalized spacial score (nSPS) is 11.1. The first-order valence-electron chi connectivity index (χ1n) is 6.74. The molecule has 0 saturated carbocycles. The fourth-order valence-corrected chi connectivity index (χ4v) is 1.82. The fourth-order valence-electron chi connectivity index (χ4n) is 1.82. The molecule has 1 atom stereocenters. The molecule has 112 valence electrons. The van der Waals surface area contributed by atoms with Crippen molar-refractivity contribution >= 4 is 11.6 Å². The van der Waals surface area contributed by atoms with Crippen LogP contribution in [-0.4, -0.2) is 19.1 Å². The van der Waals surface area contributed by atoms with Gasteiger partial charge in [0.15, 0.2) is 6.10 Å². The summed E-state index contributed by atoms with van der Waals surface area (Å²) in [6.07, 6.45) is -0.667. The highest BCUT2D eigenvalue weighted by atomic mass is 16.5. The molecule has 2 aromatic rings. The summed E-state index contributed by atoms with van der Waals surface area (Å²) in [4.78, 5) is 12.1. The lowest BCUT2D eigenvalue weighted by atomic mass is 10.2. The van der Waals surface area contributed by atoms with Gasteiger partial charge in [-0.2, -0.15) is 5.26 Å². The van der Waals surface area contributed by atoms with Crippen LogP contribution in [-0.2, 0) is 4.79 Å². The fraction of sp³-hybridized carbons (Fsp3) is 0.176. The van der Waals surface area contributed by atoms with Crippen LogP contribution in [0.25, 0.3) is 0 Å². The van der Waals surface area contributed by atoms with E-state index in [1.165, 1.54) is 0 Å². The van der Waals surface area contributed by atoms with Crippen molar-refractivity contribution in [2.45, 2.75) is 13.0 Å². The quantitative estimate of drug-likeness (QED) is 0.920. The van der Waals surface area contributed by atoms with Crippen molar-refractivity contribution in [3.63, 3.8) is 0 Å². The van der Waals surface area contributed by atoms with Crippen molar-refractivity contribution < 1.29 is 14.3 Å². The monoisotopic (exact) mass is 296 g/mol. The molecular weight excluding hydrogens is 280 g/mol. The van der Waals surface area contributed by atoms with E-state index in [4.69, 9.17) is 14.7 Å². The van der Waals surface area contributed by atoms with Crippen LogP contribution in [0.1, 0.15) is 12.5 Å². The Labute approximate surface area is 129 Å². The molecule has 5 heteroatoms. The highest BCUT2D eigenvalue weighted by molar-refractivity contribution is 5.94. The van der Waals surface area contributed by atoms with E-state index < -0.39 is 6.10 Å². The number of anilines is 1. The number of nitrogens with one attached hydrogen (secondary N) is 1. The molecule has 0 heterocycles. The summed E-state index contributed by atoms with van der Waals surface area (Å²) in [7, 11) is 1.58. The molecule has 1 N–H and O–H groups in total. The SMILES string of the molecule is COc1ccc(OC(C)C(=O)Nc2cccc(C#N)c2)cc1. The van der Waals surface area contributed by atoms with Gasteiger partial charge in [-0.1, -0.05) is 6.07 Å². The Balaban J connectivity index is 1.97. The Bertz CT molecular complexity index is 690. The molecule has 2 rings (SSSR count). The number of nitrogens with zero attached hydrogens (tertiary/aromatic N) is 1. The van der Waals surface area contributed by atoms with Crippen LogP contribution >= 0.6 is 0 Å². The third kappa shape index (κ3) is 4.00. The molecule has 0 spiro atoms. The number of benzene rings is 2. The minimum absolute atomic E-state index is 0.286. The van der Waals surface area contributed by atoms with Crippen LogP contribution in [0.5, 0.6) is 11.5 Å². The van der Waals surface area contributed by atoms with Crippen LogP contribution in [0.3, 0.4) is 0 Å². The van der Waals surface area contributed by atoms with Crippen LogP contribution in [0.4, 0.5) is 5.69 Å². The second kappa shape index (κ2) is 7.14. The Morgan fingerprint density at radius 2 is 1.86 bits per heavy atom. The zero-order chi connectivity index (χ0) is 15.9. The van der Waals surface area contributed by atoms with Crippen molar-refractivity contribution in [1.82, 2.24) is 0 Å². The maximum Gasteiger partial charge on any atom is 0.265 e. The average molecular weight is 296 g/mol. The smallest absolute Gasteiger partial charge is 0.265 e. The first-order valence-corrected chi connectivity index (χ1v) is 6.74. The molecule has 5 nitrogen and oxygen atoms in total. The molecule has 2 aromatic carbocycles. The van der Waals surface area contributed by atoms with Crippen LogP contribution < -0.4 is 14.8 Å². The van der Waals surface area contributed by atoms with Crippen molar-refractivity contribution in [1.29, 1.82) is 5.26 Å². The van der Waals surface area contributed by atoms with Crippen LogP contribution in [0.15, 0.2) is 48.5 Å². The summed E-state index contributed by atoms with van der Waals surface area (Å²) >= 11 is 0. The Kier molecular flexibility index (Phi) is 4.99. The number of hydrogen-bond acceptors (Lipinski definition) is 4. The molecule has 0 aliphatic rings. The number of carbonyl (C=O) groups excluding carboxylic acids is 1. The first kappa shape index (κ1) is 15.4. The van der Waals surface area contributed by atoms with Gasteiger partial charge in [-0.15, -0.1) is 0 Å². The zero-order valence-electron chi connectivity index (χ0n) is 12.4. The molecule has 1 unspecified atom stereocenters. The van der Waals surface area contributed by atoms with Crippen molar-refractivity contribution in [3.8, 4) is 17.6 Å². The molecule has 0 aliphatic heterocycles. The topological polar surface area (TPSA) is 71.3 Å². The van der Waals surface area contributed by atoms with Crippen molar-refractivity contribution in [2.75, 3.05) is 12.4 Å². The molecule has 1 amide bonds. The van der Waals surface area contributed by atoms with Gasteiger partial charge in [-0.05, 0) is 49.4 Å². The molecule has 0 bridgehead atoms. The Morgan fingerprint density at radius 3 is 2.50 bits per heavy atom. The molecule has 0 fully saturated rings. The lowest BCUT2D eigenvalue weighted by molar-refractivity contribution is -0.122. The maximum atomic E-state index is 12.1. The summed E-state index contributed by atoms with van der Waals surface area (Å²) in [5, 5.41) is 11.6. The molecule has 0 saturated heterocycles. The van der Waals surface area contributed by atoms with E-state index in [-0.39, 0.29) is 5.91 Å².